The van der Waals surface area contributed by atoms with Gasteiger partial charge in [0.15, 0.2) is 0 Å². The van der Waals surface area contributed by atoms with Crippen LogP contribution in [0.4, 0.5) is 4.39 Å². The molecule has 2 N–H and O–H groups in total. The SMILES string of the molecule is Cc1ccc(OCc2ccc(Br)cc2F)c(C(C)N)c1. The normalized spacial score (nSPS) is 12.2. The Bertz CT molecular complexity index is 613. The fourth-order valence-corrected chi connectivity index (χ4v) is 2.28. The standard InChI is InChI=1S/C16H17BrFNO/c1-10-3-6-16(14(7-10)11(2)19)20-9-12-4-5-13(17)8-15(12)18/h3-8,11H,9,19H2,1-2H3. The predicted molar refractivity (Wildman–Crippen MR) is 82.2 cm³/mol. The third-order valence-corrected chi connectivity index (χ3v) is 3.55. The predicted octanol–water partition coefficient (Wildman–Crippen LogP) is 4.50. The summed E-state index contributed by atoms with van der Waals surface area (Å²) < 4.78 is 20.2. The van der Waals surface area contributed by atoms with E-state index >= 15 is 0 Å². The molecular formula is C16H17BrFNO. The molecule has 2 aromatic rings. The van der Waals surface area contributed by atoms with Crippen LogP contribution < -0.4 is 10.5 Å². The number of rotatable bonds is 4. The van der Waals surface area contributed by atoms with Crippen molar-refractivity contribution in [3.8, 4) is 5.75 Å². The molecule has 1 unspecified atom stereocenters. The van der Waals surface area contributed by atoms with E-state index in [9.17, 15) is 4.39 Å². The number of halogens is 2. The van der Waals surface area contributed by atoms with Crippen LogP contribution in [-0.2, 0) is 6.61 Å². The average Bonchev–Trinajstić information content (AvgIpc) is 2.38. The van der Waals surface area contributed by atoms with E-state index in [1.807, 2.05) is 32.0 Å². The molecule has 20 heavy (non-hydrogen) atoms. The Morgan fingerprint density at radius 3 is 2.65 bits per heavy atom. The number of hydrogen-bond donors (Lipinski definition) is 1. The Balaban J connectivity index is 2.18. The molecule has 0 radical (unpaired) electrons. The topological polar surface area (TPSA) is 35.2 Å². The van der Waals surface area contributed by atoms with Gasteiger partial charge in [-0.1, -0.05) is 39.7 Å². The maximum Gasteiger partial charge on any atom is 0.130 e. The molecule has 0 fully saturated rings. The first kappa shape index (κ1) is 15.0. The van der Waals surface area contributed by atoms with Crippen LogP contribution in [-0.4, -0.2) is 0 Å². The van der Waals surface area contributed by atoms with Gasteiger partial charge in [0.05, 0.1) is 0 Å². The zero-order valence-electron chi connectivity index (χ0n) is 11.5. The van der Waals surface area contributed by atoms with E-state index in [1.54, 1.807) is 12.1 Å². The Hall–Kier alpha value is -1.39. The monoisotopic (exact) mass is 337 g/mol. The van der Waals surface area contributed by atoms with Crippen molar-refractivity contribution in [2.24, 2.45) is 5.73 Å². The third-order valence-electron chi connectivity index (χ3n) is 3.05. The molecule has 2 nitrogen and oxygen atoms in total. The highest BCUT2D eigenvalue weighted by molar-refractivity contribution is 9.10. The molecule has 0 aliphatic rings. The van der Waals surface area contributed by atoms with E-state index in [-0.39, 0.29) is 18.5 Å². The van der Waals surface area contributed by atoms with E-state index in [4.69, 9.17) is 10.5 Å². The van der Waals surface area contributed by atoms with Crippen LogP contribution in [0.5, 0.6) is 5.75 Å². The van der Waals surface area contributed by atoms with Gasteiger partial charge in [-0.25, -0.2) is 4.39 Å². The zero-order valence-corrected chi connectivity index (χ0v) is 13.1. The highest BCUT2D eigenvalue weighted by Crippen LogP contribution is 2.26. The van der Waals surface area contributed by atoms with Crippen LogP contribution in [0.3, 0.4) is 0 Å². The molecule has 0 spiro atoms. The molecular weight excluding hydrogens is 321 g/mol. The number of benzene rings is 2. The molecule has 2 aromatic carbocycles. The summed E-state index contributed by atoms with van der Waals surface area (Å²) in [5.74, 6) is 0.418. The molecule has 0 aromatic heterocycles. The first-order valence-electron chi connectivity index (χ1n) is 6.40. The number of hydrogen-bond acceptors (Lipinski definition) is 2. The van der Waals surface area contributed by atoms with Crippen molar-refractivity contribution in [2.75, 3.05) is 0 Å². The Kier molecular flexibility index (Phi) is 4.78. The number of ether oxygens (including phenoxy) is 1. The van der Waals surface area contributed by atoms with E-state index in [1.165, 1.54) is 6.07 Å². The summed E-state index contributed by atoms with van der Waals surface area (Å²) in [6.07, 6.45) is 0. The van der Waals surface area contributed by atoms with Gasteiger partial charge in [0.1, 0.15) is 18.2 Å². The fraction of sp³-hybridized carbons (Fsp3) is 0.250. The summed E-state index contributed by atoms with van der Waals surface area (Å²) in [5, 5.41) is 0. The molecule has 0 aliphatic heterocycles. The summed E-state index contributed by atoms with van der Waals surface area (Å²) in [7, 11) is 0. The van der Waals surface area contributed by atoms with Gasteiger partial charge in [-0.05, 0) is 32.0 Å². The van der Waals surface area contributed by atoms with Crippen LogP contribution in [0.15, 0.2) is 40.9 Å². The third kappa shape index (κ3) is 3.58. The lowest BCUT2D eigenvalue weighted by Gasteiger charge is -2.15. The molecule has 0 saturated carbocycles. The Labute approximate surface area is 126 Å². The smallest absolute Gasteiger partial charge is 0.130 e. The summed E-state index contributed by atoms with van der Waals surface area (Å²) in [4.78, 5) is 0. The summed E-state index contributed by atoms with van der Waals surface area (Å²) in [5.41, 5.74) is 8.52. The van der Waals surface area contributed by atoms with Crippen LogP contribution in [0.25, 0.3) is 0 Å². The van der Waals surface area contributed by atoms with E-state index in [0.29, 0.717) is 15.8 Å². The first-order valence-corrected chi connectivity index (χ1v) is 7.19. The van der Waals surface area contributed by atoms with Gasteiger partial charge in [-0.3, -0.25) is 0 Å². The number of aryl methyl sites for hydroxylation is 1. The minimum Gasteiger partial charge on any atom is -0.488 e. The molecule has 0 bridgehead atoms. The highest BCUT2D eigenvalue weighted by Gasteiger charge is 2.10. The van der Waals surface area contributed by atoms with Crippen molar-refractivity contribution < 1.29 is 9.13 Å². The van der Waals surface area contributed by atoms with Gasteiger partial charge in [-0.2, -0.15) is 0 Å². The van der Waals surface area contributed by atoms with Crippen molar-refractivity contribution in [2.45, 2.75) is 26.5 Å². The lowest BCUT2D eigenvalue weighted by Crippen LogP contribution is -2.09. The van der Waals surface area contributed by atoms with Gasteiger partial charge in [0, 0.05) is 21.6 Å². The van der Waals surface area contributed by atoms with Gasteiger partial charge in [0.25, 0.3) is 0 Å². The summed E-state index contributed by atoms with van der Waals surface area (Å²) in [6, 6.07) is 10.6. The second-order valence-electron chi connectivity index (χ2n) is 4.85. The second kappa shape index (κ2) is 6.37. The van der Waals surface area contributed by atoms with Gasteiger partial charge in [0.2, 0.25) is 0 Å². The van der Waals surface area contributed by atoms with Crippen molar-refractivity contribution in [1.29, 1.82) is 0 Å². The lowest BCUT2D eigenvalue weighted by atomic mass is 10.1. The largest absolute Gasteiger partial charge is 0.488 e. The van der Waals surface area contributed by atoms with Crippen molar-refractivity contribution in [3.05, 3.63) is 63.4 Å². The number of nitrogens with two attached hydrogens (primary N) is 1. The minimum atomic E-state index is -0.283. The average molecular weight is 338 g/mol. The van der Waals surface area contributed by atoms with E-state index < -0.39 is 0 Å². The summed E-state index contributed by atoms with van der Waals surface area (Å²) >= 11 is 3.23. The minimum absolute atomic E-state index is 0.125. The zero-order chi connectivity index (χ0) is 14.7. The quantitative estimate of drug-likeness (QED) is 0.891. The molecule has 1 atom stereocenters. The Morgan fingerprint density at radius 2 is 2.00 bits per heavy atom. The molecule has 0 saturated heterocycles. The van der Waals surface area contributed by atoms with Gasteiger partial charge in [-0.15, -0.1) is 0 Å². The van der Waals surface area contributed by atoms with E-state index in [2.05, 4.69) is 15.9 Å². The second-order valence-corrected chi connectivity index (χ2v) is 5.77. The molecule has 0 amide bonds. The Morgan fingerprint density at radius 1 is 1.25 bits per heavy atom. The summed E-state index contributed by atoms with van der Waals surface area (Å²) in [6.45, 7) is 4.09. The van der Waals surface area contributed by atoms with Crippen LogP contribution in [0, 0.1) is 12.7 Å². The van der Waals surface area contributed by atoms with Crippen LogP contribution >= 0.6 is 15.9 Å². The van der Waals surface area contributed by atoms with Crippen LogP contribution in [0.2, 0.25) is 0 Å². The first-order chi connectivity index (χ1) is 9.47. The molecule has 106 valence electrons. The van der Waals surface area contributed by atoms with Crippen molar-refractivity contribution in [1.82, 2.24) is 0 Å². The van der Waals surface area contributed by atoms with Gasteiger partial charge < -0.3 is 10.5 Å². The maximum absolute atomic E-state index is 13.7. The lowest BCUT2D eigenvalue weighted by molar-refractivity contribution is 0.295. The molecule has 0 aliphatic carbocycles. The fourth-order valence-electron chi connectivity index (χ4n) is 1.95. The molecule has 2 rings (SSSR count). The highest BCUT2D eigenvalue weighted by atomic mass is 79.9. The van der Waals surface area contributed by atoms with Crippen molar-refractivity contribution >= 4 is 15.9 Å². The van der Waals surface area contributed by atoms with Gasteiger partial charge >= 0.3 is 0 Å². The van der Waals surface area contributed by atoms with Crippen molar-refractivity contribution in [3.63, 3.8) is 0 Å². The van der Waals surface area contributed by atoms with E-state index in [0.717, 1.165) is 11.1 Å². The molecule has 4 heteroatoms. The maximum atomic E-state index is 13.7. The molecule has 0 heterocycles. The van der Waals surface area contributed by atoms with Crippen LogP contribution in [0.1, 0.15) is 29.7 Å².